The number of nitrogens with zero attached hydrogens (tertiary/aromatic N) is 1. The molecule has 1 saturated heterocycles. The number of morpholine rings is 1. The molecule has 29 heavy (non-hydrogen) atoms. The average Bonchev–Trinajstić information content (AvgIpc) is 2.73. The topological polar surface area (TPSA) is 105 Å². The van der Waals surface area contributed by atoms with Crippen LogP contribution in [0.5, 0.6) is 0 Å². The van der Waals surface area contributed by atoms with Gasteiger partial charge in [-0.1, -0.05) is 0 Å². The Morgan fingerprint density at radius 3 is 2.14 bits per heavy atom. The molecule has 1 heterocycles. The molecule has 2 N–H and O–H groups in total. The van der Waals surface area contributed by atoms with Crippen molar-refractivity contribution in [2.45, 2.75) is 11.8 Å². The maximum absolute atomic E-state index is 12.6. The fraction of sp³-hybridized carbons (Fsp3) is 0.300. The van der Waals surface area contributed by atoms with Gasteiger partial charge in [0, 0.05) is 30.0 Å². The molecule has 3 rings (SSSR count). The van der Waals surface area contributed by atoms with Gasteiger partial charge in [-0.15, -0.1) is 0 Å². The quantitative estimate of drug-likeness (QED) is 0.668. The van der Waals surface area contributed by atoms with Crippen molar-refractivity contribution in [1.82, 2.24) is 4.31 Å². The first-order valence-electron chi connectivity index (χ1n) is 9.19. The summed E-state index contributed by atoms with van der Waals surface area (Å²) in [5, 5.41) is 5.69. The number of rotatable bonds is 7. The predicted molar refractivity (Wildman–Crippen MR) is 110 cm³/mol. The Balaban J connectivity index is 1.54. The van der Waals surface area contributed by atoms with Crippen molar-refractivity contribution in [3.63, 3.8) is 0 Å². The summed E-state index contributed by atoms with van der Waals surface area (Å²) < 4.78 is 31.8. The summed E-state index contributed by atoms with van der Waals surface area (Å²) >= 11 is 0. The number of hydrogen-bond acceptors (Lipinski definition) is 6. The van der Waals surface area contributed by atoms with Crippen molar-refractivity contribution in [3.05, 3.63) is 54.1 Å². The van der Waals surface area contributed by atoms with Crippen molar-refractivity contribution >= 4 is 33.1 Å². The monoisotopic (exact) mass is 417 g/mol. The largest absolute Gasteiger partial charge is 0.379 e. The Bertz CT molecular complexity index is 966. The maximum Gasteiger partial charge on any atom is 0.243 e. The van der Waals surface area contributed by atoms with Crippen LogP contribution in [0.4, 0.5) is 11.4 Å². The van der Waals surface area contributed by atoms with Crippen LogP contribution in [0.1, 0.15) is 17.3 Å². The van der Waals surface area contributed by atoms with Gasteiger partial charge in [0.05, 0.1) is 24.7 Å². The molecule has 154 valence electrons. The van der Waals surface area contributed by atoms with E-state index in [0.717, 1.165) is 0 Å². The van der Waals surface area contributed by atoms with Crippen LogP contribution in [0.15, 0.2) is 53.4 Å². The number of amides is 1. The predicted octanol–water partition coefficient (Wildman–Crippen LogP) is 1.96. The standard InChI is InChI=1S/C20H23N3O5S/c1-15(24)16-2-4-18(5-3-16)22-20(25)14-21-17-6-8-19(9-7-17)29(26,27)23-10-12-28-13-11-23/h2-9,21H,10-14H2,1H3,(H,22,25). The minimum absolute atomic E-state index is 0.0179. The fourth-order valence-corrected chi connectivity index (χ4v) is 4.26. The highest BCUT2D eigenvalue weighted by molar-refractivity contribution is 7.89. The Morgan fingerprint density at radius 1 is 0.966 bits per heavy atom. The van der Waals surface area contributed by atoms with Crippen LogP contribution in [0.2, 0.25) is 0 Å². The summed E-state index contributed by atoms with van der Waals surface area (Å²) in [7, 11) is -3.54. The molecule has 0 spiro atoms. The Morgan fingerprint density at radius 2 is 1.55 bits per heavy atom. The van der Waals surface area contributed by atoms with Gasteiger partial charge in [-0.05, 0) is 55.5 Å². The van der Waals surface area contributed by atoms with Gasteiger partial charge in [0.2, 0.25) is 15.9 Å². The Kier molecular flexibility index (Phi) is 6.63. The van der Waals surface area contributed by atoms with E-state index in [0.29, 0.717) is 43.2 Å². The summed E-state index contributed by atoms with van der Waals surface area (Å²) in [5.41, 5.74) is 1.80. The highest BCUT2D eigenvalue weighted by Gasteiger charge is 2.26. The van der Waals surface area contributed by atoms with Gasteiger partial charge in [-0.3, -0.25) is 9.59 Å². The van der Waals surface area contributed by atoms with Gasteiger partial charge >= 0.3 is 0 Å². The molecule has 2 aromatic rings. The third-order valence-corrected chi connectivity index (χ3v) is 6.40. The van der Waals surface area contributed by atoms with Gasteiger partial charge in [-0.25, -0.2) is 8.42 Å². The summed E-state index contributed by atoms with van der Waals surface area (Å²) in [6, 6.07) is 12.9. The van der Waals surface area contributed by atoms with Crippen LogP contribution in [-0.4, -0.2) is 57.3 Å². The highest BCUT2D eigenvalue weighted by Crippen LogP contribution is 2.19. The summed E-state index contributed by atoms with van der Waals surface area (Å²) in [6.45, 7) is 2.97. The lowest BCUT2D eigenvalue weighted by molar-refractivity contribution is -0.114. The van der Waals surface area contributed by atoms with Gasteiger partial charge in [0.25, 0.3) is 0 Å². The second kappa shape index (κ2) is 9.17. The minimum Gasteiger partial charge on any atom is -0.379 e. The normalized spacial score (nSPS) is 14.9. The van der Waals surface area contributed by atoms with E-state index < -0.39 is 10.0 Å². The smallest absolute Gasteiger partial charge is 0.243 e. The minimum atomic E-state index is -3.54. The van der Waals surface area contributed by atoms with E-state index in [4.69, 9.17) is 4.74 Å². The van der Waals surface area contributed by atoms with Gasteiger partial charge < -0.3 is 15.4 Å². The van der Waals surface area contributed by atoms with Crippen molar-refractivity contribution in [2.24, 2.45) is 0 Å². The number of carbonyl (C=O) groups excluding carboxylic acids is 2. The van der Waals surface area contributed by atoms with E-state index in [2.05, 4.69) is 10.6 Å². The molecule has 1 fully saturated rings. The number of anilines is 2. The first-order valence-corrected chi connectivity index (χ1v) is 10.6. The van der Waals surface area contributed by atoms with Crippen LogP contribution in [0.25, 0.3) is 0 Å². The maximum atomic E-state index is 12.6. The van der Waals surface area contributed by atoms with Gasteiger partial charge in [0.1, 0.15) is 0 Å². The van der Waals surface area contributed by atoms with Crippen molar-refractivity contribution in [1.29, 1.82) is 0 Å². The number of sulfonamides is 1. The van der Waals surface area contributed by atoms with E-state index in [1.165, 1.54) is 23.4 Å². The zero-order valence-corrected chi connectivity index (χ0v) is 16.9. The molecular formula is C20H23N3O5S. The molecule has 0 saturated carbocycles. The summed E-state index contributed by atoms with van der Waals surface area (Å²) in [5.74, 6) is -0.297. The average molecular weight is 417 g/mol. The van der Waals surface area contributed by atoms with E-state index in [1.807, 2.05) is 0 Å². The number of hydrogen-bond donors (Lipinski definition) is 2. The molecular weight excluding hydrogens is 394 g/mol. The molecule has 0 unspecified atom stereocenters. The third-order valence-electron chi connectivity index (χ3n) is 4.49. The summed E-state index contributed by atoms with van der Waals surface area (Å²) in [4.78, 5) is 23.6. The molecule has 0 aliphatic carbocycles. The Labute approximate surface area is 169 Å². The van der Waals surface area contributed by atoms with Crippen molar-refractivity contribution < 1.29 is 22.7 Å². The number of benzene rings is 2. The van der Waals surface area contributed by atoms with Crippen molar-refractivity contribution in [2.75, 3.05) is 43.5 Å². The lowest BCUT2D eigenvalue weighted by Gasteiger charge is -2.26. The fourth-order valence-electron chi connectivity index (χ4n) is 2.86. The zero-order valence-electron chi connectivity index (χ0n) is 16.1. The number of Topliss-reactive ketones (excluding diaryl/α,β-unsaturated/α-hetero) is 1. The lowest BCUT2D eigenvalue weighted by atomic mass is 10.1. The van der Waals surface area contributed by atoms with E-state index in [9.17, 15) is 18.0 Å². The van der Waals surface area contributed by atoms with E-state index in [1.54, 1.807) is 36.4 Å². The molecule has 9 heteroatoms. The molecule has 8 nitrogen and oxygen atoms in total. The van der Waals surface area contributed by atoms with Crippen LogP contribution in [0, 0.1) is 0 Å². The third kappa shape index (κ3) is 5.41. The molecule has 0 aromatic heterocycles. The Hall–Kier alpha value is -2.75. The number of nitrogens with one attached hydrogen (secondary N) is 2. The number of ketones is 1. The first kappa shape index (κ1) is 21.0. The van der Waals surface area contributed by atoms with Crippen LogP contribution in [-0.2, 0) is 19.6 Å². The van der Waals surface area contributed by atoms with Crippen LogP contribution < -0.4 is 10.6 Å². The second-order valence-electron chi connectivity index (χ2n) is 6.58. The molecule has 0 bridgehead atoms. The molecule has 2 aromatic carbocycles. The van der Waals surface area contributed by atoms with Gasteiger partial charge in [0.15, 0.2) is 5.78 Å². The molecule has 0 radical (unpaired) electrons. The SMILES string of the molecule is CC(=O)c1ccc(NC(=O)CNc2ccc(S(=O)(=O)N3CCOCC3)cc2)cc1. The molecule has 0 atom stereocenters. The zero-order chi connectivity index (χ0) is 20.9. The van der Waals surface area contributed by atoms with Crippen LogP contribution in [0.3, 0.4) is 0 Å². The number of carbonyl (C=O) groups is 2. The second-order valence-corrected chi connectivity index (χ2v) is 8.51. The first-order chi connectivity index (χ1) is 13.9. The summed E-state index contributed by atoms with van der Waals surface area (Å²) in [6.07, 6.45) is 0. The van der Waals surface area contributed by atoms with Crippen molar-refractivity contribution in [3.8, 4) is 0 Å². The van der Waals surface area contributed by atoms with E-state index in [-0.39, 0.29) is 23.1 Å². The van der Waals surface area contributed by atoms with E-state index >= 15 is 0 Å². The van der Waals surface area contributed by atoms with Crippen LogP contribution >= 0.6 is 0 Å². The highest BCUT2D eigenvalue weighted by atomic mass is 32.2. The molecule has 1 amide bonds. The number of ether oxygens (including phenoxy) is 1. The van der Waals surface area contributed by atoms with Gasteiger partial charge in [-0.2, -0.15) is 4.31 Å². The molecule has 1 aliphatic rings. The molecule has 1 aliphatic heterocycles. The lowest BCUT2D eigenvalue weighted by Crippen LogP contribution is -2.40.